The van der Waals surface area contributed by atoms with Crippen LogP contribution >= 0.6 is 11.6 Å². The molecule has 0 spiro atoms. The molecule has 0 aromatic heterocycles. The Morgan fingerprint density at radius 1 is 1.31 bits per heavy atom. The molecule has 1 rings (SSSR count). The molecule has 0 radical (unpaired) electrons. The van der Waals surface area contributed by atoms with E-state index in [0.29, 0.717) is 22.9 Å². The van der Waals surface area contributed by atoms with Gasteiger partial charge in [-0.15, -0.1) is 0 Å². The van der Waals surface area contributed by atoms with Crippen molar-refractivity contribution in [3.05, 3.63) is 28.8 Å². The van der Waals surface area contributed by atoms with E-state index in [4.69, 9.17) is 21.6 Å². The van der Waals surface area contributed by atoms with Crippen molar-refractivity contribution < 1.29 is 4.74 Å². The van der Waals surface area contributed by atoms with Gasteiger partial charge in [-0.1, -0.05) is 37.8 Å². The first-order valence-corrected chi connectivity index (χ1v) is 5.98. The molecule has 0 heterocycles. The number of nitrogens with zero attached hydrogens (tertiary/aromatic N) is 1. The summed E-state index contributed by atoms with van der Waals surface area (Å²) in [6, 6.07) is 7.13. The van der Waals surface area contributed by atoms with Crippen LogP contribution in [0.25, 0.3) is 0 Å². The molecule has 1 aromatic carbocycles. The van der Waals surface area contributed by atoms with Gasteiger partial charge in [0.25, 0.3) is 0 Å². The predicted octanol–water partition coefficient (Wildman–Crippen LogP) is 4.17. The molecule has 0 aliphatic carbocycles. The van der Waals surface area contributed by atoms with Gasteiger partial charge in [0.15, 0.2) is 0 Å². The first-order valence-electron chi connectivity index (χ1n) is 5.60. The average molecular weight is 238 g/mol. The maximum atomic E-state index is 8.68. The summed E-state index contributed by atoms with van der Waals surface area (Å²) in [6.45, 7) is 2.87. The van der Waals surface area contributed by atoms with Crippen LogP contribution in [0.2, 0.25) is 5.02 Å². The van der Waals surface area contributed by atoms with Crippen molar-refractivity contribution in [2.45, 2.75) is 32.6 Å². The number of halogens is 1. The molecule has 0 unspecified atom stereocenters. The van der Waals surface area contributed by atoms with Crippen LogP contribution in [0.5, 0.6) is 5.75 Å². The average Bonchev–Trinajstić information content (AvgIpc) is 2.30. The van der Waals surface area contributed by atoms with Gasteiger partial charge in [-0.2, -0.15) is 5.26 Å². The number of benzene rings is 1. The molecule has 0 bridgehead atoms. The van der Waals surface area contributed by atoms with Gasteiger partial charge < -0.3 is 4.74 Å². The van der Waals surface area contributed by atoms with Crippen molar-refractivity contribution in [1.29, 1.82) is 5.26 Å². The summed E-state index contributed by atoms with van der Waals surface area (Å²) in [6.07, 6.45) is 4.69. The van der Waals surface area contributed by atoms with Crippen LogP contribution in [0.1, 0.15) is 38.2 Å². The van der Waals surface area contributed by atoms with E-state index in [0.717, 1.165) is 6.42 Å². The third kappa shape index (κ3) is 4.12. The minimum absolute atomic E-state index is 0.509. The Bertz CT molecular complexity index is 371. The highest BCUT2D eigenvalue weighted by Gasteiger charge is 2.02. The first-order chi connectivity index (χ1) is 7.77. The fraction of sp³-hybridized carbons (Fsp3) is 0.462. The Morgan fingerprint density at radius 3 is 2.75 bits per heavy atom. The van der Waals surface area contributed by atoms with E-state index in [1.807, 2.05) is 6.07 Å². The van der Waals surface area contributed by atoms with E-state index in [2.05, 4.69) is 6.92 Å². The molecule has 2 nitrogen and oxygen atoms in total. The van der Waals surface area contributed by atoms with Crippen molar-refractivity contribution >= 4 is 11.6 Å². The molecular weight excluding hydrogens is 222 g/mol. The normalized spacial score (nSPS) is 9.81. The number of nitriles is 1. The summed E-state index contributed by atoms with van der Waals surface area (Å²) < 4.78 is 5.54. The maximum absolute atomic E-state index is 8.68. The van der Waals surface area contributed by atoms with Gasteiger partial charge in [-0.3, -0.25) is 0 Å². The van der Waals surface area contributed by atoms with Gasteiger partial charge in [-0.05, 0) is 24.6 Å². The molecule has 0 aliphatic rings. The SMILES string of the molecule is CCCCCCOc1ccc(C#N)cc1Cl. The van der Waals surface area contributed by atoms with Crippen LogP contribution in [0.3, 0.4) is 0 Å². The van der Waals surface area contributed by atoms with E-state index in [-0.39, 0.29) is 0 Å². The van der Waals surface area contributed by atoms with E-state index in [9.17, 15) is 0 Å². The summed E-state index contributed by atoms with van der Waals surface area (Å²) in [4.78, 5) is 0. The zero-order valence-corrected chi connectivity index (χ0v) is 10.3. The highest BCUT2D eigenvalue weighted by Crippen LogP contribution is 2.25. The fourth-order valence-electron chi connectivity index (χ4n) is 1.40. The number of hydrogen-bond donors (Lipinski definition) is 0. The predicted molar refractivity (Wildman–Crippen MR) is 65.8 cm³/mol. The Kier molecular flexibility index (Phi) is 5.74. The lowest BCUT2D eigenvalue weighted by molar-refractivity contribution is 0.305. The van der Waals surface area contributed by atoms with E-state index in [1.165, 1.54) is 19.3 Å². The number of unbranched alkanes of at least 4 members (excludes halogenated alkanes) is 3. The summed E-state index contributed by atoms with van der Waals surface area (Å²) in [5.74, 6) is 0.664. The van der Waals surface area contributed by atoms with Gasteiger partial charge in [-0.25, -0.2) is 0 Å². The molecule has 0 fully saturated rings. The molecule has 0 aliphatic heterocycles. The minimum Gasteiger partial charge on any atom is -0.492 e. The molecule has 1 aromatic rings. The van der Waals surface area contributed by atoms with Crippen LogP contribution in [-0.4, -0.2) is 6.61 Å². The third-order valence-corrected chi connectivity index (χ3v) is 2.61. The van der Waals surface area contributed by atoms with Crippen molar-refractivity contribution in [2.75, 3.05) is 6.61 Å². The molecular formula is C13H16ClNO. The van der Waals surface area contributed by atoms with Crippen molar-refractivity contribution in [3.8, 4) is 11.8 Å². The summed E-state index contributed by atoms with van der Waals surface area (Å²) >= 11 is 5.97. The Morgan fingerprint density at radius 2 is 2.12 bits per heavy atom. The van der Waals surface area contributed by atoms with Crippen LogP contribution in [-0.2, 0) is 0 Å². The van der Waals surface area contributed by atoms with Crippen molar-refractivity contribution in [2.24, 2.45) is 0 Å². The molecule has 0 saturated heterocycles. The lowest BCUT2D eigenvalue weighted by Gasteiger charge is -2.07. The number of rotatable bonds is 6. The van der Waals surface area contributed by atoms with E-state index < -0.39 is 0 Å². The Balaban J connectivity index is 2.40. The van der Waals surface area contributed by atoms with Crippen LogP contribution in [0, 0.1) is 11.3 Å². The monoisotopic (exact) mass is 237 g/mol. The van der Waals surface area contributed by atoms with Gasteiger partial charge in [0.2, 0.25) is 0 Å². The smallest absolute Gasteiger partial charge is 0.137 e. The lowest BCUT2D eigenvalue weighted by atomic mass is 10.2. The molecule has 0 saturated carbocycles. The second-order valence-electron chi connectivity index (χ2n) is 3.67. The quantitative estimate of drug-likeness (QED) is 0.696. The summed E-state index contributed by atoms with van der Waals surface area (Å²) in [5, 5.41) is 9.19. The maximum Gasteiger partial charge on any atom is 0.137 e. The van der Waals surface area contributed by atoms with E-state index in [1.54, 1.807) is 18.2 Å². The van der Waals surface area contributed by atoms with Crippen LogP contribution in [0.4, 0.5) is 0 Å². The zero-order valence-electron chi connectivity index (χ0n) is 9.50. The molecule has 3 heteroatoms. The van der Waals surface area contributed by atoms with Gasteiger partial charge >= 0.3 is 0 Å². The molecule has 0 amide bonds. The molecule has 0 atom stereocenters. The molecule has 0 N–H and O–H groups in total. The summed E-state index contributed by atoms with van der Waals surface area (Å²) in [5.41, 5.74) is 0.559. The number of hydrogen-bond acceptors (Lipinski definition) is 2. The summed E-state index contributed by atoms with van der Waals surface area (Å²) in [7, 11) is 0. The topological polar surface area (TPSA) is 33.0 Å². The van der Waals surface area contributed by atoms with Gasteiger partial charge in [0, 0.05) is 0 Å². The fourth-order valence-corrected chi connectivity index (χ4v) is 1.63. The minimum atomic E-state index is 0.509. The first kappa shape index (κ1) is 12.9. The van der Waals surface area contributed by atoms with E-state index >= 15 is 0 Å². The number of ether oxygens (including phenoxy) is 1. The van der Waals surface area contributed by atoms with Gasteiger partial charge in [0.1, 0.15) is 5.75 Å². The van der Waals surface area contributed by atoms with Crippen molar-refractivity contribution in [3.63, 3.8) is 0 Å². The highest BCUT2D eigenvalue weighted by molar-refractivity contribution is 6.32. The Labute approximate surface area is 102 Å². The zero-order chi connectivity index (χ0) is 11.8. The molecule has 86 valence electrons. The molecule has 16 heavy (non-hydrogen) atoms. The third-order valence-electron chi connectivity index (χ3n) is 2.32. The van der Waals surface area contributed by atoms with Crippen LogP contribution < -0.4 is 4.74 Å². The van der Waals surface area contributed by atoms with Crippen molar-refractivity contribution in [1.82, 2.24) is 0 Å². The largest absolute Gasteiger partial charge is 0.492 e. The lowest BCUT2D eigenvalue weighted by Crippen LogP contribution is -1.97. The highest BCUT2D eigenvalue weighted by atomic mass is 35.5. The van der Waals surface area contributed by atoms with Gasteiger partial charge in [0.05, 0.1) is 23.3 Å². The second-order valence-corrected chi connectivity index (χ2v) is 4.07. The Hall–Kier alpha value is -1.20. The van der Waals surface area contributed by atoms with Crippen LogP contribution in [0.15, 0.2) is 18.2 Å². The standard InChI is InChI=1S/C13H16ClNO/c1-2-3-4-5-8-16-13-7-6-11(10-15)9-12(13)14/h6-7,9H,2-5,8H2,1H3. The second kappa shape index (κ2) is 7.14.